The van der Waals surface area contributed by atoms with Gasteiger partial charge in [-0.25, -0.2) is 0 Å². The lowest BCUT2D eigenvalue weighted by molar-refractivity contribution is 0.0768. The van der Waals surface area contributed by atoms with Crippen LogP contribution in [0.15, 0.2) is 28.7 Å². The Morgan fingerprint density at radius 3 is 2.24 bits per heavy atom. The first kappa shape index (κ1) is 12.9. The molecule has 94 valence electrons. The molecule has 0 unspecified atom stereocenters. The van der Waals surface area contributed by atoms with Gasteiger partial charge in [-0.3, -0.25) is 13.9 Å². The van der Waals surface area contributed by atoms with Crippen molar-refractivity contribution < 1.29 is 13.9 Å². The summed E-state index contributed by atoms with van der Waals surface area (Å²) in [7, 11) is -2.44. The normalized spacial score (nSPS) is 21.0. The van der Waals surface area contributed by atoms with Crippen molar-refractivity contribution in [3.63, 3.8) is 0 Å². The van der Waals surface area contributed by atoms with E-state index in [1.807, 2.05) is 12.1 Å². The minimum atomic E-state index is -2.44. The van der Waals surface area contributed by atoms with Crippen LogP contribution >= 0.6 is 26.5 Å². The predicted molar refractivity (Wildman–Crippen MR) is 72.6 cm³/mol. The summed E-state index contributed by atoms with van der Waals surface area (Å²) in [6.07, 6.45) is 0. The van der Waals surface area contributed by atoms with E-state index in [-0.39, 0.29) is 17.4 Å². The molecule has 1 aromatic rings. The fraction of sp³-hybridized carbons (Fsp3) is 0.364. The molecule has 1 fully saturated rings. The maximum atomic E-state index is 12.1. The van der Waals surface area contributed by atoms with E-state index in [0.717, 1.165) is 4.47 Å². The molecule has 17 heavy (non-hydrogen) atoms. The van der Waals surface area contributed by atoms with Crippen LogP contribution in [0.25, 0.3) is 0 Å². The molecule has 0 aromatic heterocycles. The van der Waals surface area contributed by atoms with E-state index < -0.39 is 10.6 Å². The maximum Gasteiger partial charge on any atom is 0.253 e. The molecule has 1 amide bonds. The number of halogens is 1. The quantitative estimate of drug-likeness (QED) is 0.836. The molecule has 0 atom stereocenters. The average Bonchev–Trinajstić information content (AvgIpc) is 2.29. The first-order chi connectivity index (χ1) is 7.98. The Morgan fingerprint density at radius 2 is 1.71 bits per heavy atom. The van der Waals surface area contributed by atoms with Gasteiger partial charge in [-0.05, 0) is 24.3 Å². The summed E-state index contributed by atoms with van der Waals surface area (Å²) < 4.78 is 19.9. The predicted octanol–water partition coefficient (Wildman–Crippen LogP) is 2.66. The molecule has 1 heterocycles. The molecule has 0 aliphatic carbocycles. The molecular weight excluding hydrogens is 306 g/mol. The molecule has 0 spiro atoms. The van der Waals surface area contributed by atoms with E-state index in [4.69, 9.17) is 0 Å². The smallest absolute Gasteiger partial charge is 0.253 e. The number of nitrogens with zero attached hydrogens (tertiary/aromatic N) is 1. The molecular formula is C11H14BrNO3S. The number of rotatable bonds is 1. The Kier molecular flexibility index (Phi) is 3.77. The van der Waals surface area contributed by atoms with Crippen LogP contribution in [0.1, 0.15) is 10.4 Å². The lowest BCUT2D eigenvalue weighted by atomic mass is 10.2. The number of amides is 1. The fourth-order valence-electron chi connectivity index (χ4n) is 1.70. The maximum absolute atomic E-state index is 12.1. The van der Waals surface area contributed by atoms with E-state index in [1.54, 1.807) is 17.0 Å². The number of benzene rings is 1. The van der Waals surface area contributed by atoms with Gasteiger partial charge in [0.1, 0.15) is 0 Å². The van der Waals surface area contributed by atoms with Gasteiger partial charge < -0.3 is 4.90 Å². The molecule has 4 nitrogen and oxygen atoms in total. The van der Waals surface area contributed by atoms with Gasteiger partial charge >= 0.3 is 0 Å². The van der Waals surface area contributed by atoms with E-state index >= 15 is 0 Å². The lowest BCUT2D eigenvalue weighted by Gasteiger charge is -2.40. The zero-order chi connectivity index (χ0) is 12.5. The molecule has 2 N–H and O–H groups in total. The summed E-state index contributed by atoms with van der Waals surface area (Å²) in [5.74, 6) is 0.525. The molecule has 6 heteroatoms. The van der Waals surface area contributed by atoms with Crippen molar-refractivity contribution in [1.29, 1.82) is 0 Å². The van der Waals surface area contributed by atoms with Crippen molar-refractivity contribution in [3.8, 4) is 0 Å². The van der Waals surface area contributed by atoms with Crippen molar-refractivity contribution in [2.75, 3.05) is 24.6 Å². The summed E-state index contributed by atoms with van der Waals surface area (Å²) >= 11 is 3.32. The first-order valence-electron chi connectivity index (χ1n) is 5.26. The summed E-state index contributed by atoms with van der Waals surface area (Å²) in [5, 5.41) is 0. The van der Waals surface area contributed by atoms with Crippen LogP contribution < -0.4 is 0 Å². The molecule has 1 aromatic carbocycles. The zero-order valence-electron chi connectivity index (χ0n) is 9.17. The third kappa shape index (κ3) is 3.22. The molecule has 1 aliphatic heterocycles. The monoisotopic (exact) mass is 319 g/mol. The fourth-order valence-corrected chi connectivity index (χ4v) is 3.20. The Morgan fingerprint density at radius 1 is 1.18 bits per heavy atom. The Balaban J connectivity index is 2.04. The summed E-state index contributed by atoms with van der Waals surface area (Å²) in [5.41, 5.74) is 0.631. The number of carbonyl (C=O) groups is 1. The summed E-state index contributed by atoms with van der Waals surface area (Å²) in [6.45, 7) is 0.828. The zero-order valence-corrected chi connectivity index (χ0v) is 11.6. The van der Waals surface area contributed by atoms with Gasteiger partial charge in [0.2, 0.25) is 0 Å². The van der Waals surface area contributed by atoms with E-state index in [9.17, 15) is 13.9 Å². The topological polar surface area (TPSA) is 60.8 Å². The Labute approximate surface area is 110 Å². The van der Waals surface area contributed by atoms with E-state index in [0.29, 0.717) is 18.7 Å². The van der Waals surface area contributed by atoms with Gasteiger partial charge in [-0.2, -0.15) is 10.6 Å². The van der Waals surface area contributed by atoms with E-state index in [2.05, 4.69) is 15.9 Å². The second-order valence-corrected chi connectivity index (χ2v) is 7.35. The van der Waals surface area contributed by atoms with Crippen LogP contribution in [0, 0.1) is 0 Å². The Hall–Kier alpha value is -0.560. The van der Waals surface area contributed by atoms with Crippen LogP contribution in [0.5, 0.6) is 0 Å². The summed E-state index contributed by atoms with van der Waals surface area (Å²) in [6, 6.07) is 7.17. The molecule has 1 saturated heterocycles. The first-order valence-corrected chi connectivity index (χ1v) is 7.94. The largest absolute Gasteiger partial charge is 0.336 e. The van der Waals surface area contributed by atoms with E-state index in [1.165, 1.54) is 0 Å². The van der Waals surface area contributed by atoms with Gasteiger partial charge in [0, 0.05) is 23.1 Å². The molecule has 2 rings (SSSR count). The molecule has 1 aliphatic rings. The van der Waals surface area contributed by atoms with Crippen molar-refractivity contribution in [1.82, 2.24) is 4.90 Å². The second-order valence-electron chi connectivity index (χ2n) is 4.01. The van der Waals surface area contributed by atoms with Crippen LogP contribution in [0.4, 0.5) is 0 Å². The van der Waals surface area contributed by atoms with Crippen molar-refractivity contribution >= 4 is 32.4 Å². The lowest BCUT2D eigenvalue weighted by Crippen LogP contribution is -2.42. The van der Waals surface area contributed by atoms with Gasteiger partial charge in [0.15, 0.2) is 0 Å². The van der Waals surface area contributed by atoms with Gasteiger partial charge in [-0.1, -0.05) is 15.9 Å². The third-order valence-corrected chi connectivity index (χ3v) is 4.96. The Bertz CT molecular complexity index is 411. The minimum Gasteiger partial charge on any atom is -0.336 e. The second kappa shape index (κ2) is 4.97. The van der Waals surface area contributed by atoms with Crippen LogP contribution in [-0.4, -0.2) is 44.5 Å². The highest BCUT2D eigenvalue weighted by molar-refractivity contribution is 9.10. The highest BCUT2D eigenvalue weighted by Gasteiger charge is 2.25. The van der Waals surface area contributed by atoms with Crippen molar-refractivity contribution in [2.45, 2.75) is 0 Å². The number of hydrogen-bond donors (Lipinski definition) is 2. The number of carbonyl (C=O) groups excluding carboxylic acids is 1. The van der Waals surface area contributed by atoms with Crippen molar-refractivity contribution in [2.24, 2.45) is 0 Å². The minimum absolute atomic E-state index is 0.0487. The molecule has 0 radical (unpaired) electrons. The van der Waals surface area contributed by atoms with Gasteiger partial charge in [0.25, 0.3) is 5.91 Å². The molecule has 0 bridgehead atoms. The van der Waals surface area contributed by atoms with Crippen LogP contribution in [0.2, 0.25) is 0 Å². The summed E-state index contributed by atoms with van der Waals surface area (Å²) in [4.78, 5) is 13.7. The number of hydrogen-bond acceptors (Lipinski definition) is 3. The highest BCUT2D eigenvalue weighted by atomic mass is 79.9. The third-order valence-electron chi connectivity index (χ3n) is 2.75. The average molecular weight is 320 g/mol. The van der Waals surface area contributed by atoms with Gasteiger partial charge in [-0.15, -0.1) is 0 Å². The highest BCUT2D eigenvalue weighted by Crippen LogP contribution is 2.40. The van der Waals surface area contributed by atoms with Gasteiger partial charge in [0.05, 0.1) is 11.5 Å². The molecule has 0 saturated carbocycles. The van der Waals surface area contributed by atoms with Crippen molar-refractivity contribution in [3.05, 3.63) is 34.3 Å². The van der Waals surface area contributed by atoms with Crippen LogP contribution in [-0.2, 0) is 0 Å². The standard InChI is InChI=1S/C11H14BrNO3S/c12-10-3-1-9(2-4-10)11(14)13-5-7-17(15,16)8-6-13/h1-4,15-16H,5-8H2. The van der Waals surface area contributed by atoms with Crippen LogP contribution in [0.3, 0.4) is 0 Å². The SMILES string of the molecule is O=C(c1ccc(Br)cc1)N1CCS(O)(O)CC1.